The number of aromatic nitrogens is 1. The molecule has 10 rings (SSSR count). The largest absolute Gasteiger partial charge is 0.504 e. The fraction of sp³-hybridized carbons (Fsp3) is 0.0192. The summed E-state index contributed by atoms with van der Waals surface area (Å²) in [6, 6.07) is 55.8. The molecule has 0 saturated heterocycles. The molecule has 0 aliphatic heterocycles. The second kappa shape index (κ2) is 15.4. The number of phenols is 5. The van der Waals surface area contributed by atoms with Crippen molar-refractivity contribution in [2.75, 3.05) is 0 Å². The van der Waals surface area contributed by atoms with E-state index in [-0.39, 0.29) is 18.2 Å². The van der Waals surface area contributed by atoms with E-state index in [4.69, 9.17) is 4.99 Å². The number of aliphatic imine (C=N–C) groups is 3. The molecule has 2 aromatic heterocycles. The zero-order valence-electron chi connectivity index (χ0n) is 32.9. The normalized spacial score (nSPS) is 12.2. The first-order valence-electron chi connectivity index (χ1n) is 19.8. The first kappa shape index (κ1) is 38.0. The van der Waals surface area contributed by atoms with Gasteiger partial charge < -0.3 is 30.1 Å². The lowest BCUT2D eigenvalue weighted by Crippen LogP contribution is -2.06. The molecule has 0 bridgehead atoms. The van der Waals surface area contributed by atoms with Gasteiger partial charge in [0.05, 0.1) is 28.0 Å². The van der Waals surface area contributed by atoms with E-state index in [1.165, 1.54) is 10.8 Å². The molecule has 0 atom stereocenters. The van der Waals surface area contributed by atoms with Crippen LogP contribution in [0.3, 0.4) is 0 Å². The van der Waals surface area contributed by atoms with Crippen molar-refractivity contribution < 1.29 is 25.5 Å². The van der Waals surface area contributed by atoms with Gasteiger partial charge in [-0.2, -0.15) is 0 Å². The Morgan fingerprint density at radius 1 is 0.516 bits per heavy atom. The fourth-order valence-electron chi connectivity index (χ4n) is 8.33. The Labute approximate surface area is 359 Å². The molecule has 0 amide bonds. The van der Waals surface area contributed by atoms with Crippen molar-refractivity contribution in [1.82, 2.24) is 4.57 Å². The number of aromatic hydroxyl groups is 5. The molecule has 0 aliphatic carbocycles. The van der Waals surface area contributed by atoms with Crippen molar-refractivity contribution in [2.45, 2.75) is 6.54 Å². The maximum Gasteiger partial charge on any atom is 0.208 e. The molecular weight excluding hydrogens is 793 g/mol. The summed E-state index contributed by atoms with van der Waals surface area (Å²) in [6.45, 7) is 3.75. The quantitative estimate of drug-likeness (QED) is 0.0470. The topological polar surface area (TPSA) is 143 Å². The van der Waals surface area contributed by atoms with E-state index in [1.807, 2.05) is 54.6 Å². The third-order valence-corrected chi connectivity index (χ3v) is 12.5. The molecule has 5 N–H and O–H groups in total. The lowest BCUT2D eigenvalue weighted by atomic mass is 9.98. The average Bonchev–Trinajstić information content (AvgIpc) is 3.89. The van der Waals surface area contributed by atoms with Crippen LogP contribution in [0, 0.1) is 0 Å². The lowest BCUT2D eigenvalue weighted by molar-refractivity contribution is 0.327. The number of fused-ring (bicyclic) bond motifs is 6. The minimum absolute atomic E-state index is 0.176. The van der Waals surface area contributed by atoms with E-state index in [0.29, 0.717) is 5.56 Å². The van der Waals surface area contributed by atoms with Crippen LogP contribution in [0.25, 0.3) is 69.9 Å². The Hall–Kier alpha value is -8.21. The summed E-state index contributed by atoms with van der Waals surface area (Å²) >= 11 is 1.71. The molecule has 9 nitrogen and oxygen atoms in total. The summed E-state index contributed by atoms with van der Waals surface area (Å²) < 4.78 is 4.57. The molecule has 0 unspecified atom stereocenters. The van der Waals surface area contributed by atoms with Crippen LogP contribution in [0.4, 0.5) is 0 Å². The SMILES string of the molecule is C=NC(=NC(=NCc1cccc2c1sc1c(-n3c4ccccc4c4cccc(-c5ccccc5)c43)ccc(-c3ccccc3)c12)c1ccccc1)c1c(O)c(O)c(O)c(O)c1O. The zero-order valence-corrected chi connectivity index (χ0v) is 33.8. The summed E-state index contributed by atoms with van der Waals surface area (Å²) in [5.41, 5.74) is 8.77. The maximum atomic E-state index is 10.8. The van der Waals surface area contributed by atoms with E-state index in [0.717, 1.165) is 64.7 Å². The van der Waals surface area contributed by atoms with Crippen molar-refractivity contribution in [3.63, 3.8) is 0 Å². The smallest absolute Gasteiger partial charge is 0.208 e. The van der Waals surface area contributed by atoms with Gasteiger partial charge in [0.1, 0.15) is 5.56 Å². The minimum atomic E-state index is -1.09. The zero-order chi connectivity index (χ0) is 42.5. The number of phenolic OH excluding ortho intramolecular Hbond substituents is 5. The van der Waals surface area contributed by atoms with Crippen LogP contribution in [-0.2, 0) is 6.54 Å². The number of benzene rings is 8. The van der Waals surface area contributed by atoms with E-state index in [2.05, 4.69) is 130 Å². The molecule has 0 radical (unpaired) electrons. The Balaban J connectivity index is 1.21. The van der Waals surface area contributed by atoms with Gasteiger partial charge in [-0.15, -0.1) is 11.3 Å². The molecule has 0 spiro atoms. The van der Waals surface area contributed by atoms with Gasteiger partial charge in [0.25, 0.3) is 0 Å². The summed E-state index contributed by atoms with van der Waals surface area (Å²) in [4.78, 5) is 13.5. The fourth-order valence-corrected chi connectivity index (χ4v) is 9.67. The van der Waals surface area contributed by atoms with Crippen molar-refractivity contribution in [3.05, 3.63) is 180 Å². The van der Waals surface area contributed by atoms with Gasteiger partial charge >= 0.3 is 0 Å². The van der Waals surface area contributed by atoms with E-state index in [1.54, 1.807) is 11.3 Å². The lowest BCUT2D eigenvalue weighted by Gasteiger charge is -2.14. The molecule has 10 heteroatoms. The van der Waals surface area contributed by atoms with Crippen LogP contribution >= 0.6 is 11.3 Å². The predicted octanol–water partition coefficient (Wildman–Crippen LogP) is 12.1. The van der Waals surface area contributed by atoms with Crippen LogP contribution in [0.15, 0.2) is 179 Å². The third kappa shape index (κ3) is 6.20. The second-order valence-electron chi connectivity index (χ2n) is 14.7. The molecular formula is C52H36N4O5S. The number of hydrogen-bond acceptors (Lipinski definition) is 7. The molecule has 0 fully saturated rings. The van der Waals surface area contributed by atoms with Crippen molar-refractivity contribution in [1.29, 1.82) is 0 Å². The Kier molecular flexibility index (Phi) is 9.46. The van der Waals surface area contributed by atoms with Crippen molar-refractivity contribution >= 4 is 71.7 Å². The Bertz CT molecular complexity index is 3420. The average molecular weight is 829 g/mol. The highest BCUT2D eigenvalue weighted by atomic mass is 32.1. The third-order valence-electron chi connectivity index (χ3n) is 11.2. The molecule has 62 heavy (non-hydrogen) atoms. The van der Waals surface area contributed by atoms with Crippen LogP contribution < -0.4 is 0 Å². The molecule has 10 aromatic rings. The van der Waals surface area contributed by atoms with Gasteiger partial charge in [-0.3, -0.25) is 4.99 Å². The Morgan fingerprint density at radius 2 is 1.10 bits per heavy atom. The second-order valence-corrected chi connectivity index (χ2v) is 15.8. The van der Waals surface area contributed by atoms with Crippen molar-refractivity contribution in [2.24, 2.45) is 15.0 Å². The summed E-state index contributed by atoms with van der Waals surface area (Å²) in [5.74, 6) is -5.21. The number of nitrogens with zero attached hydrogens (tertiary/aromatic N) is 4. The highest BCUT2D eigenvalue weighted by Crippen LogP contribution is 2.51. The molecule has 0 aliphatic rings. The number of thiophene rings is 1. The summed E-state index contributed by atoms with van der Waals surface area (Å²) in [6.07, 6.45) is 0. The molecule has 0 saturated carbocycles. The first-order chi connectivity index (χ1) is 30.3. The monoisotopic (exact) mass is 828 g/mol. The number of rotatable bonds is 7. The van der Waals surface area contributed by atoms with Crippen LogP contribution in [0.5, 0.6) is 28.7 Å². The number of amidine groups is 2. The standard InChI is InChI=1S/C52H36N4O5S/c1-53-52(42-44(57)46(59)48(61)47(60)45(42)58)55-51(32-19-9-4-10-20-32)54-29-33-21-13-25-38-41-34(30-15-5-2-6-16-30)27-28-40(50(41)62-49(33)38)56-39-26-12-11-22-36(39)37-24-14-23-35(43(37)56)31-17-7-3-8-18-31/h2-28,57-61H,1,29H2. The molecule has 300 valence electrons. The van der Waals surface area contributed by atoms with Gasteiger partial charge in [0, 0.05) is 37.4 Å². The van der Waals surface area contributed by atoms with Gasteiger partial charge in [0.15, 0.2) is 23.2 Å². The molecule has 2 heterocycles. The van der Waals surface area contributed by atoms with Gasteiger partial charge in [-0.1, -0.05) is 152 Å². The first-order valence-corrected chi connectivity index (χ1v) is 20.6. The summed E-state index contributed by atoms with van der Waals surface area (Å²) in [7, 11) is 0. The van der Waals surface area contributed by atoms with Gasteiger partial charge in [-0.05, 0) is 41.1 Å². The van der Waals surface area contributed by atoms with Crippen LogP contribution in [0.1, 0.15) is 16.7 Å². The highest BCUT2D eigenvalue weighted by molar-refractivity contribution is 7.26. The molecule has 8 aromatic carbocycles. The van der Waals surface area contributed by atoms with E-state index >= 15 is 0 Å². The van der Waals surface area contributed by atoms with Crippen LogP contribution in [0.2, 0.25) is 0 Å². The van der Waals surface area contributed by atoms with E-state index in [9.17, 15) is 25.5 Å². The predicted molar refractivity (Wildman–Crippen MR) is 252 cm³/mol. The number of hydrogen-bond donors (Lipinski definition) is 5. The Morgan fingerprint density at radius 3 is 1.79 bits per heavy atom. The van der Waals surface area contributed by atoms with Gasteiger partial charge in [-0.25, -0.2) is 9.98 Å². The van der Waals surface area contributed by atoms with E-state index < -0.39 is 34.3 Å². The number of para-hydroxylation sites is 2. The van der Waals surface area contributed by atoms with Crippen molar-refractivity contribution in [3.8, 4) is 56.7 Å². The summed E-state index contributed by atoms with van der Waals surface area (Å²) in [5, 5.41) is 56.7. The van der Waals surface area contributed by atoms with Crippen LogP contribution in [-0.4, -0.2) is 48.5 Å². The highest BCUT2D eigenvalue weighted by Gasteiger charge is 2.27. The maximum absolute atomic E-state index is 10.8. The van der Waals surface area contributed by atoms with Gasteiger partial charge in [0.2, 0.25) is 17.2 Å². The minimum Gasteiger partial charge on any atom is -0.504 e.